The third-order valence-corrected chi connectivity index (χ3v) is 5.91. The molecule has 4 N–H and O–H groups in total. The van der Waals surface area contributed by atoms with Gasteiger partial charge in [0.25, 0.3) is 5.56 Å². The van der Waals surface area contributed by atoms with Crippen molar-refractivity contribution in [2.24, 2.45) is 0 Å². The first-order valence-corrected chi connectivity index (χ1v) is 9.56. The lowest BCUT2D eigenvalue weighted by Crippen LogP contribution is -2.87. The van der Waals surface area contributed by atoms with E-state index in [1.54, 1.807) is 4.57 Å². The van der Waals surface area contributed by atoms with E-state index in [0.717, 1.165) is 44.2 Å². The molecule has 5 nitrogen and oxygen atoms in total. The molecule has 132 valence electrons. The van der Waals surface area contributed by atoms with Gasteiger partial charge in [0, 0.05) is 18.0 Å². The van der Waals surface area contributed by atoms with Crippen molar-refractivity contribution >= 4 is 12.2 Å². The van der Waals surface area contributed by atoms with Crippen molar-refractivity contribution in [3.05, 3.63) is 56.1 Å². The number of aromatic amines is 1. The van der Waals surface area contributed by atoms with Crippen LogP contribution in [-0.4, -0.2) is 21.2 Å². The predicted octanol–water partition coefficient (Wildman–Crippen LogP) is 2.33. The summed E-state index contributed by atoms with van der Waals surface area (Å²) in [5, 5.41) is 13.2. The van der Waals surface area contributed by atoms with Crippen LogP contribution in [0.2, 0.25) is 0 Å². The van der Waals surface area contributed by atoms with Gasteiger partial charge in [0.2, 0.25) is 5.88 Å². The Kier molecular flexibility index (Phi) is 4.48. The molecule has 2 aromatic rings. The van der Waals surface area contributed by atoms with Gasteiger partial charge in [-0.25, -0.2) is 0 Å². The molecule has 6 heteroatoms. The quantitative estimate of drug-likeness (QED) is 0.721. The Hall–Kier alpha value is -1.92. The minimum absolute atomic E-state index is 0.0543. The van der Waals surface area contributed by atoms with Gasteiger partial charge in [0.05, 0.1) is 6.54 Å². The zero-order chi connectivity index (χ0) is 17.4. The summed E-state index contributed by atoms with van der Waals surface area (Å²) in [7, 11) is 0. The topological polar surface area (TPSA) is 74.6 Å². The van der Waals surface area contributed by atoms with E-state index < -0.39 is 0 Å². The van der Waals surface area contributed by atoms with Crippen LogP contribution in [0.1, 0.15) is 60.9 Å². The summed E-state index contributed by atoms with van der Waals surface area (Å²) < 4.78 is 2.12. The Morgan fingerprint density at radius 3 is 2.76 bits per heavy atom. The van der Waals surface area contributed by atoms with E-state index in [9.17, 15) is 9.90 Å². The number of aromatic nitrogens is 2. The normalized spacial score (nSPS) is 21.0. The summed E-state index contributed by atoms with van der Waals surface area (Å²) in [5.41, 5.74) is 2.53. The smallest absolute Gasteiger partial charge is 0.265 e. The lowest BCUT2D eigenvalue weighted by molar-refractivity contribution is -0.690. The van der Waals surface area contributed by atoms with Crippen LogP contribution in [0.15, 0.2) is 29.1 Å². The van der Waals surface area contributed by atoms with Gasteiger partial charge in [0.1, 0.15) is 11.6 Å². The monoisotopic (exact) mass is 358 g/mol. The number of aromatic hydroxyl groups is 1. The summed E-state index contributed by atoms with van der Waals surface area (Å²) in [6.07, 6.45) is 6.48. The highest BCUT2D eigenvalue weighted by Gasteiger charge is 2.32. The number of H-pyrrole nitrogens is 1. The van der Waals surface area contributed by atoms with Gasteiger partial charge >= 0.3 is 0 Å². The van der Waals surface area contributed by atoms with E-state index in [1.165, 1.54) is 12.0 Å². The Labute approximate surface area is 151 Å². The number of hydrogen-bond donors (Lipinski definition) is 3. The summed E-state index contributed by atoms with van der Waals surface area (Å²) in [6, 6.07) is 8.18. The molecule has 1 fully saturated rings. The molecule has 2 heterocycles. The Morgan fingerprint density at radius 2 is 1.96 bits per heavy atom. The SMILES string of the molecule is O=c1[nH]c(=S)n(C2CCCCC2)c(O)c1[C@H]1[NH2+]CCc2ccccc21. The molecule has 0 saturated heterocycles. The number of nitrogens with two attached hydrogens (primary N) is 1. The van der Waals surface area contributed by atoms with Crippen molar-refractivity contribution in [3.63, 3.8) is 0 Å². The molecule has 0 radical (unpaired) electrons. The molecule has 1 aromatic carbocycles. The van der Waals surface area contributed by atoms with Crippen LogP contribution in [0.3, 0.4) is 0 Å². The zero-order valence-corrected chi connectivity index (χ0v) is 15.0. The number of fused-ring (bicyclic) bond motifs is 1. The van der Waals surface area contributed by atoms with Gasteiger partial charge in [0.15, 0.2) is 4.77 Å². The van der Waals surface area contributed by atoms with E-state index in [-0.39, 0.29) is 23.5 Å². The summed E-state index contributed by atoms with van der Waals surface area (Å²) in [6.45, 7) is 0.902. The second-order valence-electron chi connectivity index (χ2n) is 7.11. The third kappa shape index (κ3) is 2.93. The first-order chi connectivity index (χ1) is 12.2. The molecule has 0 amide bonds. The van der Waals surface area contributed by atoms with Gasteiger partial charge in [-0.1, -0.05) is 43.5 Å². The van der Waals surface area contributed by atoms with Crippen LogP contribution in [0, 0.1) is 4.77 Å². The van der Waals surface area contributed by atoms with Crippen molar-refractivity contribution < 1.29 is 10.4 Å². The highest BCUT2D eigenvalue weighted by Crippen LogP contribution is 2.34. The molecule has 0 spiro atoms. The fourth-order valence-corrected chi connectivity index (χ4v) is 4.71. The molecular weight excluding hydrogens is 334 g/mol. The second kappa shape index (κ2) is 6.77. The van der Waals surface area contributed by atoms with Crippen LogP contribution >= 0.6 is 12.2 Å². The van der Waals surface area contributed by atoms with Gasteiger partial charge in [-0.15, -0.1) is 0 Å². The molecule has 2 aliphatic rings. The first kappa shape index (κ1) is 16.5. The van der Waals surface area contributed by atoms with Gasteiger partial charge in [-0.2, -0.15) is 0 Å². The predicted molar refractivity (Wildman–Crippen MR) is 98.5 cm³/mol. The number of nitrogens with zero attached hydrogens (tertiary/aromatic N) is 1. The van der Waals surface area contributed by atoms with Crippen molar-refractivity contribution in [2.75, 3.05) is 6.54 Å². The Bertz CT molecular complexity index is 896. The van der Waals surface area contributed by atoms with E-state index in [1.807, 2.05) is 12.1 Å². The molecule has 1 aliphatic carbocycles. The van der Waals surface area contributed by atoms with E-state index in [2.05, 4.69) is 22.4 Å². The summed E-state index contributed by atoms with van der Waals surface area (Å²) in [5.74, 6) is 0.0543. The first-order valence-electron chi connectivity index (χ1n) is 9.15. The minimum atomic E-state index is -0.271. The van der Waals surface area contributed by atoms with Crippen molar-refractivity contribution in [1.29, 1.82) is 0 Å². The molecule has 0 unspecified atom stereocenters. The van der Waals surface area contributed by atoms with E-state index in [0.29, 0.717) is 10.3 Å². The fraction of sp³-hybridized carbons (Fsp3) is 0.474. The highest BCUT2D eigenvalue weighted by molar-refractivity contribution is 7.71. The van der Waals surface area contributed by atoms with Gasteiger partial charge < -0.3 is 10.4 Å². The Balaban J connectivity index is 1.86. The largest absolute Gasteiger partial charge is 0.494 e. The van der Waals surface area contributed by atoms with Crippen LogP contribution < -0.4 is 10.9 Å². The maximum Gasteiger partial charge on any atom is 0.265 e. The highest BCUT2D eigenvalue weighted by atomic mass is 32.1. The molecule has 0 bridgehead atoms. The number of benzene rings is 1. The van der Waals surface area contributed by atoms with Crippen molar-refractivity contribution in [3.8, 4) is 5.88 Å². The summed E-state index contributed by atoms with van der Waals surface area (Å²) >= 11 is 5.38. The standard InChI is InChI=1S/C19H23N3O2S/c23-17-15(16-14-9-5-4-6-12(14)10-11-20-16)18(24)22(19(25)21-17)13-7-2-1-3-8-13/h4-6,9,13,16,20,24H,1-3,7-8,10-11H2,(H,21,23,25)/p+1/t16-/m0/s1. The Morgan fingerprint density at radius 1 is 1.20 bits per heavy atom. The van der Waals surface area contributed by atoms with Crippen LogP contribution in [-0.2, 0) is 6.42 Å². The number of quaternary nitrogens is 1. The third-order valence-electron chi connectivity index (χ3n) is 5.61. The number of rotatable bonds is 2. The average molecular weight is 358 g/mol. The maximum absolute atomic E-state index is 12.7. The van der Waals surface area contributed by atoms with Crippen LogP contribution in [0.25, 0.3) is 0 Å². The molecule has 1 saturated carbocycles. The molecular formula is C19H24N3O2S+. The van der Waals surface area contributed by atoms with E-state index in [4.69, 9.17) is 12.2 Å². The van der Waals surface area contributed by atoms with Crippen molar-refractivity contribution in [1.82, 2.24) is 9.55 Å². The molecule has 4 rings (SSSR count). The van der Waals surface area contributed by atoms with Gasteiger partial charge in [-0.05, 0) is 30.6 Å². The number of hydrogen-bond acceptors (Lipinski definition) is 3. The molecule has 25 heavy (non-hydrogen) atoms. The zero-order valence-electron chi connectivity index (χ0n) is 14.2. The minimum Gasteiger partial charge on any atom is -0.494 e. The lowest BCUT2D eigenvalue weighted by atomic mass is 9.90. The van der Waals surface area contributed by atoms with Crippen molar-refractivity contribution in [2.45, 2.75) is 50.6 Å². The fourth-order valence-electron chi connectivity index (χ4n) is 4.38. The second-order valence-corrected chi connectivity index (χ2v) is 7.50. The van der Waals surface area contributed by atoms with E-state index >= 15 is 0 Å². The van der Waals surface area contributed by atoms with Crippen LogP contribution in [0.4, 0.5) is 0 Å². The summed E-state index contributed by atoms with van der Waals surface area (Å²) in [4.78, 5) is 15.5. The van der Waals surface area contributed by atoms with Gasteiger partial charge in [-0.3, -0.25) is 14.3 Å². The van der Waals surface area contributed by atoms with Crippen LogP contribution in [0.5, 0.6) is 5.88 Å². The molecule has 1 aromatic heterocycles. The lowest BCUT2D eigenvalue weighted by Gasteiger charge is -2.28. The molecule has 1 atom stereocenters. The average Bonchev–Trinajstić information content (AvgIpc) is 2.62. The number of nitrogens with one attached hydrogen (secondary N) is 1. The molecule has 1 aliphatic heterocycles. The maximum atomic E-state index is 12.7.